The molecule has 17 heavy (non-hydrogen) atoms. The van der Waals surface area contributed by atoms with Gasteiger partial charge in [0.1, 0.15) is 0 Å². The molecule has 0 unspecified atom stereocenters. The lowest BCUT2D eigenvalue weighted by Crippen LogP contribution is -2.40. The Balaban J connectivity index is 3.78. The van der Waals surface area contributed by atoms with Gasteiger partial charge in [-0.15, -0.1) is 0 Å². The molecule has 0 bridgehead atoms. The largest absolute Gasteiger partial charge is 0.395 e. The minimum Gasteiger partial charge on any atom is -0.395 e. The molecule has 0 aromatic carbocycles. The fourth-order valence-corrected chi connectivity index (χ4v) is 4.04. The van der Waals surface area contributed by atoms with Crippen molar-refractivity contribution in [2.24, 2.45) is 0 Å². The van der Waals surface area contributed by atoms with Crippen LogP contribution in [0.2, 0.25) is 12.6 Å². The molecule has 0 aliphatic carbocycles. The summed E-state index contributed by atoms with van der Waals surface area (Å²) in [6, 6.07) is 0.796. The van der Waals surface area contributed by atoms with Crippen molar-refractivity contribution in [3.63, 3.8) is 0 Å². The minimum atomic E-state index is -2.01. The van der Waals surface area contributed by atoms with Crippen LogP contribution in [0.25, 0.3) is 0 Å². The van der Waals surface area contributed by atoms with Crippen LogP contribution in [0.1, 0.15) is 27.2 Å². The summed E-state index contributed by atoms with van der Waals surface area (Å²) in [5.74, 6) is 0. The van der Waals surface area contributed by atoms with Gasteiger partial charge < -0.3 is 19.5 Å². The Hall–Kier alpha value is -0.593. The van der Waals surface area contributed by atoms with Crippen LogP contribution >= 0.6 is 0 Å². The van der Waals surface area contributed by atoms with Gasteiger partial charge in [0, 0.05) is 26.3 Å². The molecule has 102 valence electrons. The lowest BCUT2D eigenvalue weighted by Gasteiger charge is -2.25. The summed E-state index contributed by atoms with van der Waals surface area (Å²) < 4.78 is 11.4. The second-order valence-electron chi connectivity index (χ2n) is 3.89. The van der Waals surface area contributed by atoms with Gasteiger partial charge in [-0.1, -0.05) is 0 Å². The zero-order chi connectivity index (χ0) is 13.1. The molecule has 0 aliphatic heterocycles. The molecular formula is C11H26N2O3Si. The van der Waals surface area contributed by atoms with Crippen molar-refractivity contribution in [2.45, 2.75) is 39.8 Å². The lowest BCUT2D eigenvalue weighted by molar-refractivity contribution is 0.188. The maximum absolute atomic E-state index is 11.1. The van der Waals surface area contributed by atoms with Crippen LogP contribution in [0.5, 0.6) is 0 Å². The van der Waals surface area contributed by atoms with Gasteiger partial charge in [0.05, 0.1) is 0 Å². The number of hydrogen-bond donors (Lipinski definition) is 2. The number of rotatable bonds is 9. The summed E-state index contributed by atoms with van der Waals surface area (Å²) in [5.41, 5.74) is 0. The summed E-state index contributed by atoms with van der Waals surface area (Å²) in [4.78, 5) is 11.1. The highest BCUT2D eigenvalue weighted by atomic mass is 28.4. The van der Waals surface area contributed by atoms with Gasteiger partial charge in [0.2, 0.25) is 0 Å². The average molecular weight is 262 g/mol. The summed E-state index contributed by atoms with van der Waals surface area (Å²) >= 11 is 0. The SMILES string of the molecule is CCNC(=O)NCCC[Si](C)(OCC)OCC. The Morgan fingerprint density at radius 3 is 2.18 bits per heavy atom. The minimum absolute atomic E-state index is 0.108. The van der Waals surface area contributed by atoms with Crippen LogP contribution in [0, 0.1) is 0 Å². The van der Waals surface area contributed by atoms with Gasteiger partial charge in [-0.3, -0.25) is 0 Å². The highest BCUT2D eigenvalue weighted by molar-refractivity contribution is 6.66. The van der Waals surface area contributed by atoms with Crippen molar-refractivity contribution >= 4 is 14.6 Å². The van der Waals surface area contributed by atoms with Crippen LogP contribution < -0.4 is 10.6 Å². The molecule has 0 atom stereocenters. The molecule has 2 amide bonds. The molecule has 0 aromatic rings. The van der Waals surface area contributed by atoms with E-state index < -0.39 is 8.56 Å². The van der Waals surface area contributed by atoms with Gasteiger partial charge in [-0.2, -0.15) is 0 Å². The number of hydrogen-bond acceptors (Lipinski definition) is 3. The number of nitrogens with one attached hydrogen (secondary N) is 2. The summed E-state index contributed by atoms with van der Waals surface area (Å²) in [5, 5.41) is 5.49. The zero-order valence-electron chi connectivity index (χ0n) is 11.5. The van der Waals surface area contributed by atoms with E-state index in [0.29, 0.717) is 26.3 Å². The van der Waals surface area contributed by atoms with Crippen LogP contribution in [0.15, 0.2) is 0 Å². The first-order chi connectivity index (χ1) is 8.08. The molecule has 0 rings (SSSR count). The molecule has 0 saturated heterocycles. The molecule has 0 radical (unpaired) electrons. The molecule has 0 spiro atoms. The molecule has 0 fully saturated rings. The molecule has 2 N–H and O–H groups in total. The average Bonchev–Trinajstić information content (AvgIpc) is 2.26. The van der Waals surface area contributed by atoms with Gasteiger partial charge in [0.25, 0.3) is 0 Å². The smallest absolute Gasteiger partial charge is 0.334 e. The fourth-order valence-electron chi connectivity index (χ4n) is 1.63. The fraction of sp³-hybridized carbons (Fsp3) is 0.909. The predicted molar refractivity (Wildman–Crippen MR) is 71.4 cm³/mol. The first-order valence-corrected chi connectivity index (χ1v) is 8.90. The summed E-state index contributed by atoms with van der Waals surface area (Å²) in [6.45, 7) is 10.6. The van der Waals surface area contributed by atoms with Crippen molar-refractivity contribution in [3.8, 4) is 0 Å². The maximum Gasteiger partial charge on any atom is 0.334 e. The van der Waals surface area contributed by atoms with Crippen molar-refractivity contribution < 1.29 is 13.6 Å². The van der Waals surface area contributed by atoms with Gasteiger partial charge >= 0.3 is 14.6 Å². The Labute approximate surface area is 106 Å². The standard InChI is InChI=1S/C11H26N2O3Si/c1-5-12-11(14)13-9-8-10-17(4,15-6-2)16-7-3/h5-10H2,1-4H3,(H2,12,13,14). The van der Waals surface area contributed by atoms with E-state index in [-0.39, 0.29) is 6.03 Å². The second kappa shape index (κ2) is 9.44. The number of amides is 2. The molecule has 0 heterocycles. The Morgan fingerprint density at radius 1 is 1.12 bits per heavy atom. The third kappa shape index (κ3) is 8.17. The number of carbonyl (C=O) groups excluding carboxylic acids is 1. The lowest BCUT2D eigenvalue weighted by atomic mass is 10.5. The van der Waals surface area contributed by atoms with E-state index >= 15 is 0 Å². The molecule has 0 aromatic heterocycles. The van der Waals surface area contributed by atoms with Crippen molar-refractivity contribution in [1.29, 1.82) is 0 Å². The monoisotopic (exact) mass is 262 g/mol. The van der Waals surface area contributed by atoms with Crippen LogP contribution in [0.4, 0.5) is 4.79 Å². The number of urea groups is 1. The quantitative estimate of drug-likeness (QED) is 0.492. The van der Waals surface area contributed by atoms with E-state index in [0.717, 1.165) is 12.5 Å². The van der Waals surface area contributed by atoms with Crippen LogP contribution in [0.3, 0.4) is 0 Å². The van der Waals surface area contributed by atoms with Crippen molar-refractivity contribution in [2.75, 3.05) is 26.3 Å². The molecular weight excluding hydrogens is 236 g/mol. The zero-order valence-corrected chi connectivity index (χ0v) is 12.5. The van der Waals surface area contributed by atoms with Crippen LogP contribution in [-0.4, -0.2) is 40.9 Å². The third-order valence-electron chi connectivity index (χ3n) is 2.33. The molecule has 0 aliphatic rings. The van der Waals surface area contributed by atoms with Crippen molar-refractivity contribution in [3.05, 3.63) is 0 Å². The summed E-state index contributed by atoms with van der Waals surface area (Å²) in [6.07, 6.45) is 0.889. The molecule has 6 heteroatoms. The normalized spacial score (nSPS) is 11.3. The van der Waals surface area contributed by atoms with E-state index in [1.54, 1.807) is 0 Å². The highest BCUT2D eigenvalue weighted by Crippen LogP contribution is 2.15. The van der Waals surface area contributed by atoms with Gasteiger partial charge in [0.15, 0.2) is 0 Å². The number of carbonyl (C=O) groups is 1. The maximum atomic E-state index is 11.1. The van der Waals surface area contributed by atoms with E-state index in [9.17, 15) is 4.79 Å². The van der Waals surface area contributed by atoms with Gasteiger partial charge in [-0.05, 0) is 39.8 Å². The van der Waals surface area contributed by atoms with E-state index in [1.807, 2.05) is 20.8 Å². The van der Waals surface area contributed by atoms with Crippen molar-refractivity contribution in [1.82, 2.24) is 10.6 Å². The highest BCUT2D eigenvalue weighted by Gasteiger charge is 2.29. The van der Waals surface area contributed by atoms with E-state index in [1.165, 1.54) is 0 Å². The third-order valence-corrected chi connectivity index (χ3v) is 5.39. The topological polar surface area (TPSA) is 59.6 Å². The molecule has 5 nitrogen and oxygen atoms in total. The Bertz CT molecular complexity index is 209. The second-order valence-corrected chi connectivity index (χ2v) is 7.23. The van der Waals surface area contributed by atoms with Crippen LogP contribution in [-0.2, 0) is 8.85 Å². The first kappa shape index (κ1) is 16.4. The summed E-state index contributed by atoms with van der Waals surface area (Å²) in [7, 11) is -2.01. The van der Waals surface area contributed by atoms with E-state index in [2.05, 4.69) is 17.2 Å². The first-order valence-electron chi connectivity index (χ1n) is 6.37. The molecule has 0 saturated carbocycles. The van der Waals surface area contributed by atoms with E-state index in [4.69, 9.17) is 8.85 Å². The predicted octanol–water partition coefficient (Wildman–Crippen LogP) is 1.84. The Kier molecular flexibility index (Phi) is 9.11. The van der Waals surface area contributed by atoms with Gasteiger partial charge in [-0.25, -0.2) is 4.79 Å². The Morgan fingerprint density at radius 2 is 1.71 bits per heavy atom.